The first-order valence-corrected chi connectivity index (χ1v) is 6.71. The smallest absolute Gasteiger partial charge is 0.171 e. The summed E-state index contributed by atoms with van der Waals surface area (Å²) in [6, 6.07) is 9.82. The van der Waals surface area contributed by atoms with Crippen molar-refractivity contribution >= 4 is 15.9 Å². The number of benzene rings is 2. The zero-order valence-electron chi connectivity index (χ0n) is 11.1. The van der Waals surface area contributed by atoms with Crippen LogP contribution in [0.15, 0.2) is 40.9 Å². The van der Waals surface area contributed by atoms with Gasteiger partial charge in [0.15, 0.2) is 11.6 Å². The topological polar surface area (TPSA) is 38.7 Å². The maximum absolute atomic E-state index is 14.2. The van der Waals surface area contributed by atoms with E-state index in [9.17, 15) is 9.50 Å². The molecule has 0 heterocycles. The van der Waals surface area contributed by atoms with Crippen LogP contribution in [-0.4, -0.2) is 19.3 Å². The molecule has 3 nitrogen and oxygen atoms in total. The number of halogens is 2. The van der Waals surface area contributed by atoms with Gasteiger partial charge in [0, 0.05) is 15.6 Å². The highest BCUT2D eigenvalue weighted by molar-refractivity contribution is 9.10. The molecule has 1 unspecified atom stereocenters. The van der Waals surface area contributed by atoms with E-state index < -0.39 is 11.9 Å². The van der Waals surface area contributed by atoms with Crippen LogP contribution in [0.5, 0.6) is 11.5 Å². The van der Waals surface area contributed by atoms with Crippen LogP contribution in [0.2, 0.25) is 0 Å². The summed E-state index contributed by atoms with van der Waals surface area (Å²) in [5.74, 6) is -0.000745. The molecule has 0 radical (unpaired) electrons. The molecule has 0 fully saturated rings. The second-order valence-electron chi connectivity index (χ2n) is 4.15. The molecule has 20 heavy (non-hydrogen) atoms. The van der Waals surface area contributed by atoms with Crippen molar-refractivity contribution in [2.45, 2.75) is 6.10 Å². The van der Waals surface area contributed by atoms with Crippen LogP contribution in [-0.2, 0) is 0 Å². The van der Waals surface area contributed by atoms with Crippen molar-refractivity contribution in [1.29, 1.82) is 0 Å². The molecule has 0 aliphatic rings. The Bertz CT molecular complexity index is 616. The van der Waals surface area contributed by atoms with E-state index in [1.807, 2.05) is 0 Å². The lowest BCUT2D eigenvalue weighted by Gasteiger charge is -2.17. The van der Waals surface area contributed by atoms with Gasteiger partial charge in [-0.15, -0.1) is 0 Å². The molecule has 1 N–H and O–H groups in total. The van der Waals surface area contributed by atoms with E-state index in [0.717, 1.165) is 4.47 Å². The van der Waals surface area contributed by atoms with Gasteiger partial charge in [-0.05, 0) is 18.2 Å². The van der Waals surface area contributed by atoms with Gasteiger partial charge in [0.1, 0.15) is 11.9 Å². The highest BCUT2D eigenvalue weighted by atomic mass is 79.9. The molecule has 106 valence electrons. The maximum Gasteiger partial charge on any atom is 0.171 e. The zero-order valence-corrected chi connectivity index (χ0v) is 12.6. The number of aliphatic hydroxyl groups is 1. The normalized spacial score (nSPS) is 12.1. The van der Waals surface area contributed by atoms with Gasteiger partial charge in [-0.3, -0.25) is 0 Å². The van der Waals surface area contributed by atoms with Crippen molar-refractivity contribution in [3.63, 3.8) is 0 Å². The molecular formula is C15H14BrFO3. The molecular weight excluding hydrogens is 327 g/mol. The SMILES string of the molecule is COc1cc(Br)ccc1C(O)c1cccc(OC)c1F. The Labute approximate surface area is 125 Å². The van der Waals surface area contributed by atoms with Crippen LogP contribution in [0.1, 0.15) is 17.2 Å². The summed E-state index contributed by atoms with van der Waals surface area (Å²) in [4.78, 5) is 0. The molecule has 0 bridgehead atoms. The van der Waals surface area contributed by atoms with E-state index >= 15 is 0 Å². The summed E-state index contributed by atoms with van der Waals surface area (Å²) in [7, 11) is 2.88. The predicted octanol–water partition coefficient (Wildman–Crippen LogP) is 3.69. The van der Waals surface area contributed by atoms with Crippen LogP contribution in [0, 0.1) is 5.82 Å². The minimum atomic E-state index is -1.13. The van der Waals surface area contributed by atoms with Gasteiger partial charge in [-0.2, -0.15) is 0 Å². The van der Waals surface area contributed by atoms with E-state index in [4.69, 9.17) is 9.47 Å². The summed E-state index contributed by atoms with van der Waals surface area (Å²) in [5.41, 5.74) is 0.632. The molecule has 0 spiro atoms. The summed E-state index contributed by atoms with van der Waals surface area (Å²) in [6.45, 7) is 0. The molecule has 0 amide bonds. The molecule has 2 aromatic rings. The van der Waals surface area contributed by atoms with Crippen molar-refractivity contribution in [1.82, 2.24) is 0 Å². The predicted molar refractivity (Wildman–Crippen MR) is 77.7 cm³/mol. The van der Waals surface area contributed by atoms with Gasteiger partial charge in [-0.1, -0.05) is 34.1 Å². The first-order valence-electron chi connectivity index (χ1n) is 5.92. The number of methoxy groups -OCH3 is 2. The van der Waals surface area contributed by atoms with E-state index in [1.54, 1.807) is 24.3 Å². The van der Waals surface area contributed by atoms with Gasteiger partial charge in [0.25, 0.3) is 0 Å². The fourth-order valence-corrected chi connectivity index (χ4v) is 2.32. The molecule has 0 saturated heterocycles. The van der Waals surface area contributed by atoms with Gasteiger partial charge in [0.05, 0.1) is 14.2 Å². The Kier molecular flexibility index (Phi) is 4.62. The Morgan fingerprint density at radius 2 is 1.75 bits per heavy atom. The summed E-state index contributed by atoms with van der Waals surface area (Å²) in [6.07, 6.45) is -1.13. The van der Waals surface area contributed by atoms with Crippen LogP contribution < -0.4 is 9.47 Å². The second-order valence-corrected chi connectivity index (χ2v) is 5.07. The third-order valence-electron chi connectivity index (χ3n) is 3.00. The standard InChI is InChI=1S/C15H14BrFO3/c1-19-12-5-3-4-11(14(12)17)15(18)10-7-6-9(16)8-13(10)20-2/h3-8,15,18H,1-2H3. The fraction of sp³-hybridized carbons (Fsp3) is 0.200. The minimum Gasteiger partial charge on any atom is -0.496 e. The molecule has 5 heteroatoms. The lowest BCUT2D eigenvalue weighted by atomic mass is 10.00. The molecule has 2 aromatic carbocycles. The third kappa shape index (κ3) is 2.78. The highest BCUT2D eigenvalue weighted by Crippen LogP contribution is 2.35. The largest absolute Gasteiger partial charge is 0.496 e. The first-order chi connectivity index (χ1) is 9.58. The maximum atomic E-state index is 14.2. The van der Waals surface area contributed by atoms with E-state index in [2.05, 4.69) is 15.9 Å². The van der Waals surface area contributed by atoms with E-state index in [-0.39, 0.29) is 11.3 Å². The van der Waals surface area contributed by atoms with Gasteiger partial charge in [0.2, 0.25) is 0 Å². The quantitative estimate of drug-likeness (QED) is 0.922. The Hall–Kier alpha value is -1.59. The zero-order chi connectivity index (χ0) is 14.7. The Balaban J connectivity index is 2.49. The van der Waals surface area contributed by atoms with Crippen LogP contribution >= 0.6 is 15.9 Å². The van der Waals surface area contributed by atoms with Crippen molar-refractivity contribution in [2.75, 3.05) is 14.2 Å². The van der Waals surface area contributed by atoms with Crippen LogP contribution in [0.4, 0.5) is 4.39 Å². The number of ether oxygens (including phenoxy) is 2. The van der Waals surface area contributed by atoms with Gasteiger partial charge < -0.3 is 14.6 Å². The monoisotopic (exact) mass is 340 g/mol. The van der Waals surface area contributed by atoms with Crippen LogP contribution in [0.25, 0.3) is 0 Å². The molecule has 0 aromatic heterocycles. The average molecular weight is 341 g/mol. The highest BCUT2D eigenvalue weighted by Gasteiger charge is 2.21. The van der Waals surface area contributed by atoms with Crippen molar-refractivity contribution in [3.8, 4) is 11.5 Å². The molecule has 0 aliphatic carbocycles. The number of aliphatic hydroxyl groups excluding tert-OH is 1. The fourth-order valence-electron chi connectivity index (χ4n) is 1.97. The summed E-state index contributed by atoms with van der Waals surface area (Å²) >= 11 is 3.32. The lowest BCUT2D eigenvalue weighted by molar-refractivity contribution is 0.208. The Morgan fingerprint density at radius 3 is 2.40 bits per heavy atom. The summed E-state index contributed by atoms with van der Waals surface area (Å²) in [5, 5.41) is 10.4. The number of hydrogen-bond acceptors (Lipinski definition) is 3. The van der Waals surface area contributed by atoms with E-state index in [0.29, 0.717) is 11.3 Å². The van der Waals surface area contributed by atoms with Crippen molar-refractivity contribution < 1.29 is 19.0 Å². The average Bonchev–Trinajstić information content (AvgIpc) is 2.46. The molecule has 0 aliphatic heterocycles. The molecule has 1 atom stereocenters. The number of rotatable bonds is 4. The minimum absolute atomic E-state index is 0.0950. The lowest BCUT2D eigenvalue weighted by Crippen LogP contribution is -2.05. The molecule has 0 saturated carbocycles. The third-order valence-corrected chi connectivity index (χ3v) is 3.49. The van der Waals surface area contributed by atoms with Gasteiger partial charge in [-0.25, -0.2) is 4.39 Å². The van der Waals surface area contributed by atoms with Gasteiger partial charge >= 0.3 is 0 Å². The van der Waals surface area contributed by atoms with Crippen molar-refractivity contribution in [3.05, 3.63) is 57.8 Å². The number of hydrogen-bond donors (Lipinski definition) is 1. The molecule has 2 rings (SSSR count). The second kappa shape index (κ2) is 6.24. The summed E-state index contributed by atoms with van der Waals surface area (Å²) < 4.78 is 25.1. The van der Waals surface area contributed by atoms with Crippen LogP contribution in [0.3, 0.4) is 0 Å². The van der Waals surface area contributed by atoms with Crippen molar-refractivity contribution in [2.24, 2.45) is 0 Å². The Morgan fingerprint density at radius 1 is 1.05 bits per heavy atom. The van der Waals surface area contributed by atoms with E-state index in [1.165, 1.54) is 26.4 Å². The first kappa shape index (κ1) is 14.8.